The fraction of sp³-hybridized carbons (Fsp3) is 0.684. The van der Waals surface area contributed by atoms with E-state index in [-0.39, 0.29) is 10.8 Å². The summed E-state index contributed by atoms with van der Waals surface area (Å²) in [4.78, 5) is 2.49. The van der Waals surface area contributed by atoms with Crippen LogP contribution in [-0.4, -0.2) is 29.0 Å². The largest absolute Gasteiger partial charge is 0.642 e. The van der Waals surface area contributed by atoms with Crippen LogP contribution < -0.4 is 7.58 Å². The first kappa shape index (κ1) is 38.6. The molecular weight excluding hydrogens is 574 g/mol. The van der Waals surface area contributed by atoms with Crippen LogP contribution in [0.15, 0.2) is 34.1 Å². The lowest BCUT2D eigenvalue weighted by Crippen LogP contribution is -2.28. The molecular formula is C38H64Al2O2S. The maximum atomic E-state index is 7.29. The highest BCUT2D eigenvalue weighted by molar-refractivity contribution is 7.99. The number of benzene rings is 2. The van der Waals surface area contributed by atoms with Gasteiger partial charge in [-0.2, -0.15) is 0 Å². The number of rotatable bonds is 14. The number of hydrogen-bond donors (Lipinski definition) is 0. The lowest BCUT2D eigenvalue weighted by Gasteiger charge is -2.31. The molecule has 5 heteroatoms. The molecule has 43 heavy (non-hydrogen) atoms. The Kier molecular flexibility index (Phi) is 14.7. The SMILES string of the molecule is Cc1cc(Sc2cc(C)cc(C(C)(C)C)c2[O][Al]([CH2]C(C)C)[CH2]C(C)C)c([O][Al]([CH2]C(C)C)[CH2]C(C)C)c(C(C)(C)C)c1. The summed E-state index contributed by atoms with van der Waals surface area (Å²) in [7, 11) is 0. The van der Waals surface area contributed by atoms with Crippen molar-refractivity contribution in [3.8, 4) is 11.5 Å². The molecule has 0 unspecified atom stereocenters. The van der Waals surface area contributed by atoms with Crippen LogP contribution in [0.2, 0.25) is 21.1 Å². The van der Waals surface area contributed by atoms with Gasteiger partial charge in [0.05, 0.1) is 21.3 Å². The Morgan fingerprint density at radius 2 is 0.814 bits per heavy atom. The lowest BCUT2D eigenvalue weighted by molar-refractivity contribution is 0.482. The third-order valence-electron chi connectivity index (χ3n) is 7.74. The Labute approximate surface area is 281 Å². The average Bonchev–Trinajstić information content (AvgIpc) is 2.78. The summed E-state index contributed by atoms with van der Waals surface area (Å²) >= 11 is -1.08. The predicted molar refractivity (Wildman–Crippen MR) is 195 cm³/mol. The van der Waals surface area contributed by atoms with Crippen molar-refractivity contribution in [2.75, 3.05) is 0 Å². The van der Waals surface area contributed by atoms with E-state index < -0.39 is 29.0 Å². The van der Waals surface area contributed by atoms with E-state index in [0.717, 1.165) is 11.5 Å². The minimum atomic E-state index is -1.48. The summed E-state index contributed by atoms with van der Waals surface area (Å²) in [5.41, 5.74) is 5.23. The maximum absolute atomic E-state index is 7.29. The van der Waals surface area contributed by atoms with Crippen molar-refractivity contribution in [3.05, 3.63) is 46.5 Å². The highest BCUT2D eigenvalue weighted by Gasteiger charge is 2.33. The Hall–Kier alpha value is -0.545. The van der Waals surface area contributed by atoms with Gasteiger partial charge in [-0.05, 0) is 59.1 Å². The smallest absolute Gasteiger partial charge is 0.547 e. The maximum Gasteiger partial charge on any atom is 0.547 e. The molecule has 0 aliphatic rings. The summed E-state index contributed by atoms with van der Waals surface area (Å²) in [5.74, 6) is 4.83. The van der Waals surface area contributed by atoms with E-state index in [1.807, 2.05) is 11.8 Å². The summed E-state index contributed by atoms with van der Waals surface area (Å²) in [6, 6.07) is 9.48. The van der Waals surface area contributed by atoms with E-state index >= 15 is 0 Å². The normalized spacial score (nSPS) is 12.6. The molecule has 0 aliphatic carbocycles. The zero-order chi connectivity index (χ0) is 32.9. The Balaban J connectivity index is 2.81. The van der Waals surface area contributed by atoms with E-state index in [2.05, 4.69) is 135 Å². The fourth-order valence-electron chi connectivity index (χ4n) is 5.93. The summed E-state index contributed by atoms with van der Waals surface area (Å²) in [6.07, 6.45) is 0. The lowest BCUT2D eigenvalue weighted by atomic mass is 9.85. The molecule has 0 heterocycles. The zero-order valence-corrected chi connectivity index (χ0v) is 34.0. The first-order chi connectivity index (χ1) is 19.7. The monoisotopic (exact) mass is 638 g/mol. The van der Waals surface area contributed by atoms with Crippen LogP contribution in [0, 0.1) is 37.5 Å². The van der Waals surface area contributed by atoms with Crippen LogP contribution in [-0.2, 0) is 10.8 Å². The van der Waals surface area contributed by atoms with Gasteiger partial charge in [0, 0.05) is 0 Å². The molecule has 0 radical (unpaired) electrons. The van der Waals surface area contributed by atoms with Gasteiger partial charge in [-0.3, -0.25) is 0 Å². The van der Waals surface area contributed by atoms with Crippen molar-refractivity contribution >= 4 is 40.7 Å². The second kappa shape index (κ2) is 16.3. The molecule has 2 aromatic rings. The topological polar surface area (TPSA) is 18.5 Å². The quantitative estimate of drug-likeness (QED) is 0.192. The van der Waals surface area contributed by atoms with E-state index in [0.29, 0.717) is 23.7 Å². The molecule has 0 fully saturated rings. The number of aryl methyl sites for hydroxylation is 2. The molecule has 0 N–H and O–H groups in total. The van der Waals surface area contributed by atoms with Crippen LogP contribution in [0.4, 0.5) is 0 Å². The number of hydrogen-bond acceptors (Lipinski definition) is 3. The molecule has 0 spiro atoms. The van der Waals surface area contributed by atoms with Crippen LogP contribution in [0.3, 0.4) is 0 Å². The van der Waals surface area contributed by atoms with Crippen LogP contribution in [0.25, 0.3) is 0 Å². The third kappa shape index (κ3) is 12.6. The molecule has 2 aromatic carbocycles. The Morgan fingerprint density at radius 3 is 1.05 bits per heavy atom. The first-order valence-electron chi connectivity index (χ1n) is 17.0. The predicted octanol–water partition coefficient (Wildman–Crippen LogP) is 12.4. The summed E-state index contributed by atoms with van der Waals surface area (Å²) in [5, 5.41) is 4.80. The molecule has 240 valence electrons. The summed E-state index contributed by atoms with van der Waals surface area (Å²) < 4.78 is 14.6. The van der Waals surface area contributed by atoms with Crippen molar-refractivity contribution < 1.29 is 7.58 Å². The van der Waals surface area contributed by atoms with Gasteiger partial charge in [0.1, 0.15) is 0 Å². The van der Waals surface area contributed by atoms with Gasteiger partial charge in [-0.1, -0.05) is 166 Å². The minimum absolute atomic E-state index is 0.0136. The minimum Gasteiger partial charge on any atom is -0.642 e. The molecule has 0 saturated carbocycles. The highest BCUT2D eigenvalue weighted by atomic mass is 32.2. The van der Waals surface area contributed by atoms with E-state index in [9.17, 15) is 0 Å². The van der Waals surface area contributed by atoms with Crippen molar-refractivity contribution in [1.29, 1.82) is 0 Å². The molecule has 0 bridgehead atoms. The molecule has 2 rings (SSSR count). The standard InChI is InChI=1S/C22H30O2S.4C4H9.2Al/c1-13-9-15(21(3,4)5)19(23)17(11-13)25-18-12-14(2)10-16(20(18)24)22(6,7)8;4*1-4(2)3;;/h9-12,23-24H,1-8H3;4*4H,1H2,2-3H3;;/q;;;;;2*+1/p-2. The van der Waals surface area contributed by atoms with Gasteiger partial charge in [0.2, 0.25) is 0 Å². The second-order valence-corrected chi connectivity index (χ2v) is 22.8. The van der Waals surface area contributed by atoms with Crippen molar-refractivity contribution in [1.82, 2.24) is 0 Å². The molecule has 0 aromatic heterocycles. The molecule has 2 nitrogen and oxygen atoms in total. The fourth-order valence-corrected chi connectivity index (χ4v) is 13.5. The van der Waals surface area contributed by atoms with Crippen LogP contribution >= 0.6 is 11.8 Å². The van der Waals surface area contributed by atoms with Gasteiger partial charge in [-0.15, -0.1) is 0 Å². The molecule has 0 amide bonds. The van der Waals surface area contributed by atoms with Gasteiger partial charge in [-0.25, -0.2) is 0 Å². The van der Waals surface area contributed by atoms with Gasteiger partial charge in [0.15, 0.2) is 0 Å². The zero-order valence-electron chi connectivity index (χ0n) is 30.8. The van der Waals surface area contributed by atoms with Crippen LogP contribution in [0.5, 0.6) is 11.5 Å². The van der Waals surface area contributed by atoms with Crippen molar-refractivity contribution in [2.24, 2.45) is 23.7 Å². The average molecular weight is 639 g/mol. The summed E-state index contributed by atoms with van der Waals surface area (Å²) in [6.45, 7) is 37.2. The van der Waals surface area contributed by atoms with Gasteiger partial charge < -0.3 is 7.58 Å². The van der Waals surface area contributed by atoms with Crippen molar-refractivity contribution in [3.63, 3.8) is 0 Å². The van der Waals surface area contributed by atoms with E-state index in [1.54, 1.807) is 0 Å². The van der Waals surface area contributed by atoms with Gasteiger partial charge in [0.25, 0.3) is 0 Å². The van der Waals surface area contributed by atoms with Crippen molar-refractivity contribution in [2.45, 2.75) is 153 Å². The van der Waals surface area contributed by atoms with E-state index in [1.165, 1.54) is 53.2 Å². The molecule has 0 saturated heterocycles. The van der Waals surface area contributed by atoms with Crippen LogP contribution in [0.1, 0.15) is 119 Å². The Morgan fingerprint density at radius 1 is 0.535 bits per heavy atom. The molecule has 0 atom stereocenters. The van der Waals surface area contributed by atoms with Gasteiger partial charge >= 0.3 is 29.0 Å². The highest BCUT2D eigenvalue weighted by Crippen LogP contribution is 2.48. The Bertz CT molecular complexity index is 1060. The second-order valence-electron chi connectivity index (χ2n) is 16.9. The first-order valence-corrected chi connectivity index (χ1v) is 22.0. The van der Waals surface area contributed by atoms with E-state index in [4.69, 9.17) is 7.58 Å². The third-order valence-corrected chi connectivity index (χ3v) is 15.8. The molecule has 0 aliphatic heterocycles.